The first-order chi connectivity index (χ1) is 5.60. The van der Waals surface area contributed by atoms with Crippen LogP contribution in [0.5, 0.6) is 0 Å². The number of hydrogen-bond donors (Lipinski definition) is 1. The zero-order valence-corrected chi connectivity index (χ0v) is 7.60. The van der Waals surface area contributed by atoms with Crippen LogP contribution < -0.4 is 0 Å². The summed E-state index contributed by atoms with van der Waals surface area (Å²) in [5.74, 6) is 0. The summed E-state index contributed by atoms with van der Waals surface area (Å²) >= 11 is 0. The van der Waals surface area contributed by atoms with Crippen molar-refractivity contribution in [2.45, 2.75) is 43.2 Å². The molecule has 12 heavy (non-hydrogen) atoms. The van der Waals surface area contributed by atoms with E-state index in [2.05, 4.69) is 14.1 Å². The van der Waals surface area contributed by atoms with Crippen molar-refractivity contribution in [2.24, 2.45) is 0 Å². The molecule has 0 aromatic carbocycles. The monoisotopic (exact) mass is 170 g/mol. The highest BCUT2D eigenvalue weighted by Gasteiger charge is 2.70. The lowest BCUT2D eigenvalue weighted by Gasteiger charge is -2.44. The SMILES string of the molecule is C[N+]1(C)C2CC(O)CC1[C@@H]1OC21. The van der Waals surface area contributed by atoms with E-state index in [9.17, 15) is 5.11 Å². The van der Waals surface area contributed by atoms with E-state index in [1.54, 1.807) is 0 Å². The van der Waals surface area contributed by atoms with E-state index in [0.717, 1.165) is 17.3 Å². The number of piperidine rings is 1. The van der Waals surface area contributed by atoms with Crippen molar-refractivity contribution in [1.82, 2.24) is 0 Å². The quantitative estimate of drug-likeness (QED) is 0.401. The molecule has 2 bridgehead atoms. The lowest BCUT2D eigenvalue weighted by Crippen LogP contribution is -2.59. The van der Waals surface area contributed by atoms with Crippen LogP contribution in [0, 0.1) is 0 Å². The van der Waals surface area contributed by atoms with Gasteiger partial charge in [-0.2, -0.15) is 0 Å². The summed E-state index contributed by atoms with van der Waals surface area (Å²) < 4.78 is 6.65. The van der Waals surface area contributed by atoms with Gasteiger partial charge in [0, 0.05) is 12.8 Å². The van der Waals surface area contributed by atoms with Gasteiger partial charge in [0.05, 0.1) is 20.2 Å². The van der Waals surface area contributed by atoms with Crippen LogP contribution in [0.25, 0.3) is 0 Å². The van der Waals surface area contributed by atoms with Crippen molar-refractivity contribution in [3.05, 3.63) is 0 Å². The van der Waals surface area contributed by atoms with Gasteiger partial charge in [0.25, 0.3) is 0 Å². The number of rotatable bonds is 0. The molecule has 3 nitrogen and oxygen atoms in total. The molecule has 68 valence electrons. The second kappa shape index (κ2) is 1.86. The summed E-state index contributed by atoms with van der Waals surface area (Å²) in [6.07, 6.45) is 2.75. The van der Waals surface area contributed by atoms with Gasteiger partial charge in [0.2, 0.25) is 0 Å². The maximum Gasteiger partial charge on any atom is 0.142 e. The molecule has 3 aliphatic heterocycles. The Hall–Kier alpha value is -0.120. The molecule has 3 rings (SSSR count). The van der Waals surface area contributed by atoms with Crippen molar-refractivity contribution in [2.75, 3.05) is 14.1 Å². The molecule has 3 aliphatic rings. The molecule has 5 atom stereocenters. The Kier molecular flexibility index (Phi) is 1.13. The first-order valence-corrected chi connectivity index (χ1v) is 4.77. The van der Waals surface area contributed by atoms with Gasteiger partial charge in [-0.15, -0.1) is 0 Å². The molecule has 0 aliphatic carbocycles. The molecule has 0 amide bonds. The number of ether oxygens (including phenoxy) is 1. The molecular formula is C9H16NO2+. The smallest absolute Gasteiger partial charge is 0.142 e. The van der Waals surface area contributed by atoms with Crippen LogP contribution in [-0.4, -0.2) is 54.1 Å². The number of nitrogens with zero attached hydrogens (tertiary/aromatic N) is 1. The maximum atomic E-state index is 9.60. The van der Waals surface area contributed by atoms with Crippen molar-refractivity contribution >= 4 is 0 Å². The highest BCUT2D eigenvalue weighted by Crippen LogP contribution is 2.50. The van der Waals surface area contributed by atoms with Crippen LogP contribution in [0.15, 0.2) is 0 Å². The summed E-state index contributed by atoms with van der Waals surface area (Å²) in [6.45, 7) is 0. The topological polar surface area (TPSA) is 32.8 Å². The predicted molar refractivity (Wildman–Crippen MR) is 43.6 cm³/mol. The Morgan fingerprint density at radius 1 is 1.17 bits per heavy atom. The van der Waals surface area contributed by atoms with Crippen LogP contribution in [0.1, 0.15) is 12.8 Å². The van der Waals surface area contributed by atoms with Crippen LogP contribution in [-0.2, 0) is 4.74 Å². The molecule has 0 radical (unpaired) electrons. The average Bonchev–Trinajstić information content (AvgIpc) is 2.66. The number of aliphatic hydroxyl groups excluding tert-OH is 1. The molecule has 3 heteroatoms. The average molecular weight is 170 g/mol. The van der Waals surface area contributed by atoms with Gasteiger partial charge >= 0.3 is 0 Å². The van der Waals surface area contributed by atoms with Crippen LogP contribution >= 0.6 is 0 Å². The molecule has 3 fully saturated rings. The van der Waals surface area contributed by atoms with Gasteiger partial charge in [0.15, 0.2) is 0 Å². The Balaban J connectivity index is 1.96. The maximum absolute atomic E-state index is 9.60. The third-order valence-corrected chi connectivity index (χ3v) is 4.06. The van der Waals surface area contributed by atoms with Gasteiger partial charge in [0.1, 0.15) is 24.3 Å². The molecule has 1 N–H and O–H groups in total. The molecule has 4 unspecified atom stereocenters. The van der Waals surface area contributed by atoms with E-state index < -0.39 is 0 Å². The molecule has 3 saturated heterocycles. The molecule has 3 heterocycles. The van der Waals surface area contributed by atoms with E-state index >= 15 is 0 Å². The van der Waals surface area contributed by atoms with Gasteiger partial charge in [-0.3, -0.25) is 0 Å². The zero-order chi connectivity index (χ0) is 8.51. The largest absolute Gasteiger partial charge is 0.393 e. The first-order valence-electron chi connectivity index (χ1n) is 4.77. The Morgan fingerprint density at radius 3 is 2.17 bits per heavy atom. The number of epoxide rings is 1. The number of fused-ring (bicyclic) bond motifs is 5. The van der Waals surface area contributed by atoms with E-state index in [-0.39, 0.29) is 6.10 Å². The summed E-state index contributed by atoms with van der Waals surface area (Å²) in [5, 5.41) is 9.60. The Labute approximate surface area is 72.5 Å². The molecule has 0 saturated carbocycles. The second-order valence-corrected chi connectivity index (χ2v) is 4.95. The third kappa shape index (κ3) is 0.679. The van der Waals surface area contributed by atoms with Crippen molar-refractivity contribution < 1.29 is 14.3 Å². The Morgan fingerprint density at radius 2 is 1.67 bits per heavy atom. The van der Waals surface area contributed by atoms with Gasteiger partial charge in [-0.25, -0.2) is 0 Å². The minimum atomic E-state index is -0.0671. The van der Waals surface area contributed by atoms with Crippen LogP contribution in [0.2, 0.25) is 0 Å². The summed E-state index contributed by atoms with van der Waals surface area (Å²) in [6, 6.07) is 1.12. The summed E-state index contributed by atoms with van der Waals surface area (Å²) in [5.41, 5.74) is 0. The molecule has 0 aromatic rings. The molecule has 0 aromatic heterocycles. The van der Waals surface area contributed by atoms with E-state index in [4.69, 9.17) is 4.74 Å². The van der Waals surface area contributed by atoms with Gasteiger partial charge < -0.3 is 14.3 Å². The lowest BCUT2D eigenvalue weighted by molar-refractivity contribution is -0.938. The Bertz CT molecular complexity index is 209. The molecule has 0 spiro atoms. The van der Waals surface area contributed by atoms with Gasteiger partial charge in [-0.1, -0.05) is 0 Å². The van der Waals surface area contributed by atoms with Crippen molar-refractivity contribution in [3.63, 3.8) is 0 Å². The number of likely N-dealkylation sites (N-methyl/N-ethyl adjacent to an activating group) is 1. The van der Waals surface area contributed by atoms with E-state index in [1.165, 1.54) is 0 Å². The third-order valence-electron chi connectivity index (χ3n) is 4.06. The minimum absolute atomic E-state index is 0.0671. The fraction of sp³-hybridized carbons (Fsp3) is 1.00. The van der Waals surface area contributed by atoms with Crippen LogP contribution in [0.4, 0.5) is 0 Å². The summed E-state index contributed by atoms with van der Waals surface area (Å²) in [4.78, 5) is 0. The first kappa shape index (κ1) is 7.30. The standard InChI is InChI=1S/C9H16NO2/c1-10(2)6-3-5(11)4-7(10)9-8(6)12-9/h5-9,11H,3-4H2,1-2H3/q+1/t5?,6?,7?,8-,9?/m0/s1. The van der Waals surface area contributed by atoms with E-state index in [1.807, 2.05) is 0 Å². The number of quaternary nitrogens is 1. The predicted octanol–water partition coefficient (Wildman–Crippen LogP) is -0.264. The fourth-order valence-corrected chi connectivity index (χ4v) is 3.22. The minimum Gasteiger partial charge on any atom is -0.393 e. The lowest BCUT2D eigenvalue weighted by atomic mass is 9.97. The van der Waals surface area contributed by atoms with Crippen LogP contribution in [0.3, 0.4) is 0 Å². The van der Waals surface area contributed by atoms with Gasteiger partial charge in [-0.05, 0) is 0 Å². The fourth-order valence-electron chi connectivity index (χ4n) is 3.22. The molecular weight excluding hydrogens is 154 g/mol. The van der Waals surface area contributed by atoms with E-state index in [0.29, 0.717) is 24.3 Å². The number of hydrogen-bond acceptors (Lipinski definition) is 2. The highest BCUT2D eigenvalue weighted by atomic mass is 16.6. The number of aliphatic hydroxyl groups is 1. The second-order valence-electron chi connectivity index (χ2n) is 4.95. The number of morpholine rings is 1. The summed E-state index contributed by atoms with van der Waals surface area (Å²) in [7, 11) is 4.55. The zero-order valence-electron chi connectivity index (χ0n) is 7.60. The van der Waals surface area contributed by atoms with Crippen molar-refractivity contribution in [3.8, 4) is 0 Å². The highest BCUT2D eigenvalue weighted by molar-refractivity contribution is 5.07. The normalized spacial score (nSPS) is 59.8. The van der Waals surface area contributed by atoms with Crippen molar-refractivity contribution in [1.29, 1.82) is 0 Å².